The molecule has 0 radical (unpaired) electrons. The first-order valence-electron chi connectivity index (χ1n) is 7.27. The van der Waals surface area contributed by atoms with E-state index in [9.17, 15) is 9.90 Å². The number of carbonyl (C=O) groups is 1. The van der Waals surface area contributed by atoms with E-state index in [1.165, 1.54) is 0 Å². The monoisotopic (exact) mass is 277 g/mol. The van der Waals surface area contributed by atoms with Crippen LogP contribution < -0.4 is 5.32 Å². The number of amides is 1. The molecule has 1 aromatic carbocycles. The normalized spacial score (nSPS) is 17.7. The van der Waals surface area contributed by atoms with Gasteiger partial charge in [-0.2, -0.15) is 0 Å². The molecule has 4 nitrogen and oxygen atoms in total. The third-order valence-corrected chi connectivity index (χ3v) is 3.82. The minimum atomic E-state index is -0.350. The molecule has 0 saturated carbocycles. The molecule has 2 rings (SSSR count). The van der Waals surface area contributed by atoms with Crippen LogP contribution in [0.5, 0.6) is 0 Å². The zero-order valence-electron chi connectivity index (χ0n) is 12.0. The standard InChI is InChI=1S/C16H23NO3/c1-12-3-2-4-14(11-12)16(19)17-8-5-15(18)13-6-9-20-10-7-13/h2-4,11,13,15,18H,5-10H2,1H3,(H,17,19)/t15-/m1/s1. The number of carbonyl (C=O) groups excluding carboxylic acids is 1. The van der Waals surface area contributed by atoms with Crippen LogP contribution in [0.25, 0.3) is 0 Å². The molecule has 1 aromatic rings. The maximum Gasteiger partial charge on any atom is 0.251 e. The predicted octanol–water partition coefficient (Wildman–Crippen LogP) is 1.90. The Balaban J connectivity index is 1.73. The summed E-state index contributed by atoms with van der Waals surface area (Å²) in [6, 6.07) is 7.51. The van der Waals surface area contributed by atoms with Crippen LogP contribution in [0.2, 0.25) is 0 Å². The van der Waals surface area contributed by atoms with Gasteiger partial charge in [-0.1, -0.05) is 17.7 Å². The topological polar surface area (TPSA) is 58.6 Å². The SMILES string of the molecule is Cc1cccc(C(=O)NCC[C@@H](O)C2CCOCC2)c1. The van der Waals surface area contributed by atoms with Gasteiger partial charge in [0, 0.05) is 25.3 Å². The molecule has 1 atom stereocenters. The lowest BCUT2D eigenvalue weighted by molar-refractivity contribution is 0.00528. The Bertz CT molecular complexity index is 441. The second kappa shape index (κ2) is 7.41. The van der Waals surface area contributed by atoms with Crippen molar-refractivity contribution in [2.45, 2.75) is 32.3 Å². The molecule has 1 aliphatic rings. The van der Waals surface area contributed by atoms with Gasteiger partial charge in [-0.25, -0.2) is 0 Å². The van der Waals surface area contributed by atoms with Crippen LogP contribution >= 0.6 is 0 Å². The molecule has 0 spiro atoms. The van der Waals surface area contributed by atoms with Crippen molar-refractivity contribution in [2.24, 2.45) is 5.92 Å². The number of nitrogens with one attached hydrogen (secondary N) is 1. The lowest BCUT2D eigenvalue weighted by atomic mass is 9.92. The number of benzene rings is 1. The number of hydrogen-bond donors (Lipinski definition) is 2. The number of hydrogen-bond acceptors (Lipinski definition) is 3. The second-order valence-corrected chi connectivity index (χ2v) is 5.43. The third-order valence-electron chi connectivity index (χ3n) is 3.82. The molecule has 1 saturated heterocycles. The van der Waals surface area contributed by atoms with Crippen LogP contribution in [0.1, 0.15) is 35.2 Å². The van der Waals surface area contributed by atoms with E-state index in [2.05, 4.69) is 5.32 Å². The summed E-state index contributed by atoms with van der Waals surface area (Å²) < 4.78 is 5.28. The van der Waals surface area contributed by atoms with Gasteiger partial charge in [-0.3, -0.25) is 4.79 Å². The van der Waals surface area contributed by atoms with Crippen LogP contribution in [0, 0.1) is 12.8 Å². The smallest absolute Gasteiger partial charge is 0.251 e. The quantitative estimate of drug-likeness (QED) is 0.864. The summed E-state index contributed by atoms with van der Waals surface area (Å²) >= 11 is 0. The largest absolute Gasteiger partial charge is 0.393 e. The Kier molecular flexibility index (Phi) is 5.56. The van der Waals surface area contributed by atoms with E-state index in [0.717, 1.165) is 31.6 Å². The van der Waals surface area contributed by atoms with Crippen LogP contribution in [0.15, 0.2) is 24.3 Å². The first-order chi connectivity index (χ1) is 9.66. The molecular formula is C16H23NO3. The van der Waals surface area contributed by atoms with Gasteiger partial charge in [0.25, 0.3) is 5.91 Å². The zero-order valence-corrected chi connectivity index (χ0v) is 12.0. The van der Waals surface area contributed by atoms with Crippen molar-refractivity contribution in [3.8, 4) is 0 Å². The number of ether oxygens (including phenoxy) is 1. The highest BCUT2D eigenvalue weighted by atomic mass is 16.5. The van der Waals surface area contributed by atoms with Crippen LogP contribution in [-0.4, -0.2) is 36.9 Å². The Labute approximate surface area is 120 Å². The van der Waals surface area contributed by atoms with Crippen molar-refractivity contribution in [3.63, 3.8) is 0 Å². The molecule has 0 bridgehead atoms. The molecule has 1 heterocycles. The van der Waals surface area contributed by atoms with Gasteiger partial charge >= 0.3 is 0 Å². The van der Waals surface area contributed by atoms with Crippen LogP contribution in [0.3, 0.4) is 0 Å². The molecule has 0 aliphatic carbocycles. The van der Waals surface area contributed by atoms with Crippen molar-refractivity contribution in [2.75, 3.05) is 19.8 Å². The van der Waals surface area contributed by atoms with Gasteiger partial charge in [0.1, 0.15) is 0 Å². The maximum absolute atomic E-state index is 11.9. The fraction of sp³-hybridized carbons (Fsp3) is 0.562. The van der Waals surface area contributed by atoms with E-state index in [0.29, 0.717) is 24.4 Å². The molecule has 1 fully saturated rings. The van der Waals surface area contributed by atoms with Gasteiger partial charge in [0.15, 0.2) is 0 Å². The molecule has 20 heavy (non-hydrogen) atoms. The first kappa shape index (κ1) is 15.0. The number of rotatable bonds is 5. The van der Waals surface area contributed by atoms with E-state index in [4.69, 9.17) is 4.74 Å². The molecule has 1 amide bonds. The summed E-state index contributed by atoms with van der Waals surface area (Å²) in [6.45, 7) is 3.94. The van der Waals surface area contributed by atoms with Gasteiger partial charge in [-0.05, 0) is 44.2 Å². The summed E-state index contributed by atoms with van der Waals surface area (Å²) in [4.78, 5) is 11.9. The molecule has 4 heteroatoms. The van der Waals surface area contributed by atoms with Crippen molar-refractivity contribution < 1.29 is 14.6 Å². The highest BCUT2D eigenvalue weighted by molar-refractivity contribution is 5.94. The van der Waals surface area contributed by atoms with E-state index < -0.39 is 0 Å². The zero-order chi connectivity index (χ0) is 14.4. The van der Waals surface area contributed by atoms with Gasteiger partial charge in [-0.15, -0.1) is 0 Å². The highest BCUT2D eigenvalue weighted by Gasteiger charge is 2.21. The van der Waals surface area contributed by atoms with Gasteiger partial charge in [0.2, 0.25) is 0 Å². The highest BCUT2D eigenvalue weighted by Crippen LogP contribution is 2.20. The Morgan fingerprint density at radius 3 is 2.90 bits per heavy atom. The number of aliphatic hydroxyl groups is 1. The molecular weight excluding hydrogens is 254 g/mol. The molecule has 0 aromatic heterocycles. The van der Waals surface area contributed by atoms with Crippen molar-refractivity contribution in [3.05, 3.63) is 35.4 Å². The van der Waals surface area contributed by atoms with Gasteiger partial charge < -0.3 is 15.2 Å². The van der Waals surface area contributed by atoms with Crippen molar-refractivity contribution >= 4 is 5.91 Å². The summed E-state index contributed by atoms with van der Waals surface area (Å²) in [5.41, 5.74) is 1.74. The first-order valence-corrected chi connectivity index (χ1v) is 7.27. The Hall–Kier alpha value is -1.39. The van der Waals surface area contributed by atoms with E-state index in [-0.39, 0.29) is 12.0 Å². The van der Waals surface area contributed by atoms with E-state index in [1.807, 2.05) is 25.1 Å². The van der Waals surface area contributed by atoms with E-state index in [1.54, 1.807) is 6.07 Å². The van der Waals surface area contributed by atoms with Crippen molar-refractivity contribution in [1.82, 2.24) is 5.32 Å². The maximum atomic E-state index is 11.9. The molecule has 1 aliphatic heterocycles. The fourth-order valence-corrected chi connectivity index (χ4v) is 2.56. The summed E-state index contributed by atoms with van der Waals surface area (Å²) in [5.74, 6) is 0.229. The van der Waals surface area contributed by atoms with Crippen molar-refractivity contribution in [1.29, 1.82) is 0 Å². The van der Waals surface area contributed by atoms with Gasteiger partial charge in [0.05, 0.1) is 6.10 Å². The number of aryl methyl sites for hydroxylation is 1. The molecule has 0 unspecified atom stereocenters. The Morgan fingerprint density at radius 1 is 1.45 bits per heavy atom. The third kappa shape index (κ3) is 4.32. The summed E-state index contributed by atoms with van der Waals surface area (Å²) in [7, 11) is 0. The minimum Gasteiger partial charge on any atom is -0.393 e. The fourth-order valence-electron chi connectivity index (χ4n) is 2.56. The second-order valence-electron chi connectivity index (χ2n) is 5.43. The number of aliphatic hydroxyl groups excluding tert-OH is 1. The molecule has 110 valence electrons. The summed E-state index contributed by atoms with van der Waals surface area (Å²) in [5, 5.41) is 13.0. The van der Waals surface area contributed by atoms with Crippen LogP contribution in [0.4, 0.5) is 0 Å². The Morgan fingerprint density at radius 2 is 2.20 bits per heavy atom. The average molecular weight is 277 g/mol. The summed E-state index contributed by atoms with van der Waals surface area (Å²) in [6.07, 6.45) is 2.07. The minimum absolute atomic E-state index is 0.0760. The lowest BCUT2D eigenvalue weighted by Crippen LogP contribution is -2.32. The van der Waals surface area contributed by atoms with E-state index >= 15 is 0 Å². The van der Waals surface area contributed by atoms with Crippen LogP contribution in [-0.2, 0) is 4.74 Å². The predicted molar refractivity (Wildman–Crippen MR) is 77.7 cm³/mol. The average Bonchev–Trinajstić information content (AvgIpc) is 2.48. The molecule has 2 N–H and O–H groups in total. The lowest BCUT2D eigenvalue weighted by Gasteiger charge is -2.26.